The van der Waals surface area contributed by atoms with Crippen molar-refractivity contribution >= 4 is 0 Å². The normalized spacial score (nSPS) is 12.1. The van der Waals surface area contributed by atoms with Crippen molar-refractivity contribution in [2.75, 3.05) is 6.54 Å². The maximum absolute atomic E-state index is 9.25. The van der Waals surface area contributed by atoms with Crippen molar-refractivity contribution < 1.29 is 5.11 Å². The molecule has 0 aromatic carbocycles. The molecule has 3 N–H and O–H groups in total. The molecule has 1 heterocycles. The second kappa shape index (κ2) is 3.81. The Morgan fingerprint density at radius 1 is 1.67 bits per heavy atom. The molecule has 0 saturated heterocycles. The van der Waals surface area contributed by atoms with E-state index in [1.54, 1.807) is 18.2 Å². The molecule has 0 aliphatic rings. The standard InChI is InChI=1S/C8H9N3O/c9-4-6-2-1-3-7(11-6)8(12)5-10/h1-3,8,12H,5,10H2. The third-order valence-corrected chi connectivity index (χ3v) is 1.45. The van der Waals surface area contributed by atoms with Crippen LogP contribution in [0.1, 0.15) is 17.5 Å². The van der Waals surface area contributed by atoms with Gasteiger partial charge in [-0.25, -0.2) is 4.98 Å². The first-order valence-corrected chi connectivity index (χ1v) is 3.53. The molecule has 1 aromatic heterocycles. The maximum Gasteiger partial charge on any atom is 0.140 e. The van der Waals surface area contributed by atoms with Gasteiger partial charge in [0.1, 0.15) is 17.9 Å². The molecular weight excluding hydrogens is 154 g/mol. The average Bonchev–Trinajstić information content (AvgIpc) is 2.17. The van der Waals surface area contributed by atoms with Gasteiger partial charge in [-0.15, -0.1) is 0 Å². The van der Waals surface area contributed by atoms with Gasteiger partial charge < -0.3 is 10.8 Å². The third kappa shape index (κ3) is 1.78. The first kappa shape index (κ1) is 8.65. The lowest BCUT2D eigenvalue weighted by Gasteiger charge is -2.05. The Morgan fingerprint density at radius 2 is 2.42 bits per heavy atom. The lowest BCUT2D eigenvalue weighted by atomic mass is 10.2. The van der Waals surface area contributed by atoms with Crippen LogP contribution in [0.5, 0.6) is 0 Å². The number of hydrogen-bond acceptors (Lipinski definition) is 4. The predicted octanol–water partition coefficient (Wildman–Crippen LogP) is -0.0546. The fourth-order valence-corrected chi connectivity index (χ4v) is 0.820. The van der Waals surface area contributed by atoms with Crippen LogP contribution in [0.3, 0.4) is 0 Å². The molecule has 12 heavy (non-hydrogen) atoms. The number of nitrogens with zero attached hydrogens (tertiary/aromatic N) is 2. The zero-order chi connectivity index (χ0) is 8.97. The van der Waals surface area contributed by atoms with E-state index in [-0.39, 0.29) is 6.54 Å². The molecule has 4 nitrogen and oxygen atoms in total. The minimum absolute atomic E-state index is 0.113. The van der Waals surface area contributed by atoms with Crippen LogP contribution >= 0.6 is 0 Å². The summed E-state index contributed by atoms with van der Waals surface area (Å²) in [5.41, 5.74) is 5.96. The molecule has 0 saturated carbocycles. The maximum atomic E-state index is 9.25. The highest BCUT2D eigenvalue weighted by Gasteiger charge is 2.06. The minimum atomic E-state index is -0.779. The van der Waals surface area contributed by atoms with Gasteiger partial charge in [0, 0.05) is 6.54 Å². The summed E-state index contributed by atoms with van der Waals surface area (Å²) >= 11 is 0. The van der Waals surface area contributed by atoms with Crippen molar-refractivity contribution in [2.24, 2.45) is 5.73 Å². The molecule has 62 valence electrons. The van der Waals surface area contributed by atoms with Gasteiger partial charge in [0.2, 0.25) is 0 Å². The number of aliphatic hydroxyl groups excluding tert-OH is 1. The van der Waals surface area contributed by atoms with Gasteiger partial charge in [-0.3, -0.25) is 0 Å². The Bertz CT molecular complexity index is 305. The summed E-state index contributed by atoms with van der Waals surface area (Å²) in [6.07, 6.45) is -0.779. The summed E-state index contributed by atoms with van der Waals surface area (Å²) in [4.78, 5) is 3.87. The van der Waals surface area contributed by atoms with Crippen LogP contribution < -0.4 is 5.73 Å². The molecule has 0 spiro atoms. The molecule has 1 unspecified atom stereocenters. The van der Waals surface area contributed by atoms with Crippen molar-refractivity contribution in [1.82, 2.24) is 4.98 Å². The molecule has 0 aliphatic heterocycles. The highest BCUT2D eigenvalue weighted by Crippen LogP contribution is 2.07. The molecule has 0 fully saturated rings. The molecule has 0 bridgehead atoms. The number of hydrogen-bond donors (Lipinski definition) is 2. The number of nitrogens with two attached hydrogens (primary N) is 1. The lowest BCUT2D eigenvalue weighted by molar-refractivity contribution is 0.182. The van der Waals surface area contributed by atoms with Crippen LogP contribution in [0.4, 0.5) is 0 Å². The predicted molar refractivity (Wildman–Crippen MR) is 43.0 cm³/mol. The summed E-state index contributed by atoms with van der Waals surface area (Å²) < 4.78 is 0. The molecule has 1 atom stereocenters. The average molecular weight is 163 g/mol. The lowest BCUT2D eigenvalue weighted by Crippen LogP contribution is -2.13. The van der Waals surface area contributed by atoms with E-state index in [0.717, 1.165) is 0 Å². The Hall–Kier alpha value is -1.44. The summed E-state index contributed by atoms with van der Waals surface area (Å²) in [6.45, 7) is 0.113. The number of rotatable bonds is 2. The second-order valence-corrected chi connectivity index (χ2v) is 2.31. The Morgan fingerprint density at radius 3 is 3.00 bits per heavy atom. The molecule has 1 aromatic rings. The number of pyridine rings is 1. The van der Waals surface area contributed by atoms with Crippen LogP contribution in [-0.4, -0.2) is 16.6 Å². The quantitative estimate of drug-likeness (QED) is 0.640. The topological polar surface area (TPSA) is 82.9 Å². The summed E-state index contributed by atoms with van der Waals surface area (Å²) in [5, 5.41) is 17.7. The Labute approximate surface area is 70.3 Å². The van der Waals surface area contributed by atoms with Gasteiger partial charge in [0.25, 0.3) is 0 Å². The monoisotopic (exact) mass is 163 g/mol. The third-order valence-electron chi connectivity index (χ3n) is 1.45. The largest absolute Gasteiger partial charge is 0.385 e. The molecule has 0 radical (unpaired) electrons. The summed E-state index contributed by atoms with van der Waals surface area (Å²) in [7, 11) is 0. The summed E-state index contributed by atoms with van der Waals surface area (Å²) in [5.74, 6) is 0. The van der Waals surface area contributed by atoms with E-state index in [9.17, 15) is 5.11 Å². The fraction of sp³-hybridized carbons (Fsp3) is 0.250. The van der Waals surface area contributed by atoms with E-state index >= 15 is 0 Å². The fourth-order valence-electron chi connectivity index (χ4n) is 0.820. The van der Waals surface area contributed by atoms with E-state index in [4.69, 9.17) is 11.0 Å². The number of aliphatic hydroxyl groups is 1. The highest BCUT2D eigenvalue weighted by molar-refractivity contribution is 5.23. The number of aromatic nitrogens is 1. The SMILES string of the molecule is N#Cc1cccc(C(O)CN)n1. The first-order valence-electron chi connectivity index (χ1n) is 3.53. The van der Waals surface area contributed by atoms with E-state index in [0.29, 0.717) is 11.4 Å². The zero-order valence-electron chi connectivity index (χ0n) is 6.44. The van der Waals surface area contributed by atoms with Crippen molar-refractivity contribution in [3.63, 3.8) is 0 Å². The van der Waals surface area contributed by atoms with Crippen LogP contribution in [0.15, 0.2) is 18.2 Å². The molecule has 0 aliphatic carbocycles. The van der Waals surface area contributed by atoms with Crippen LogP contribution in [0, 0.1) is 11.3 Å². The first-order chi connectivity index (χ1) is 5.77. The van der Waals surface area contributed by atoms with Gasteiger partial charge in [-0.2, -0.15) is 5.26 Å². The highest BCUT2D eigenvalue weighted by atomic mass is 16.3. The molecule has 1 rings (SSSR count). The number of nitriles is 1. The van der Waals surface area contributed by atoms with Crippen molar-refractivity contribution in [1.29, 1.82) is 5.26 Å². The summed E-state index contributed by atoms with van der Waals surface area (Å²) in [6, 6.07) is 6.76. The van der Waals surface area contributed by atoms with Gasteiger partial charge in [-0.1, -0.05) is 6.07 Å². The van der Waals surface area contributed by atoms with Crippen LogP contribution in [-0.2, 0) is 0 Å². The molecule has 4 heteroatoms. The van der Waals surface area contributed by atoms with Gasteiger partial charge >= 0.3 is 0 Å². The van der Waals surface area contributed by atoms with E-state index in [2.05, 4.69) is 4.98 Å². The van der Waals surface area contributed by atoms with E-state index in [1.165, 1.54) is 0 Å². The minimum Gasteiger partial charge on any atom is -0.385 e. The van der Waals surface area contributed by atoms with Crippen LogP contribution in [0.2, 0.25) is 0 Å². The van der Waals surface area contributed by atoms with Crippen molar-refractivity contribution in [3.05, 3.63) is 29.6 Å². The zero-order valence-corrected chi connectivity index (χ0v) is 6.44. The van der Waals surface area contributed by atoms with Crippen LogP contribution in [0.25, 0.3) is 0 Å². The smallest absolute Gasteiger partial charge is 0.140 e. The van der Waals surface area contributed by atoms with Crippen molar-refractivity contribution in [3.8, 4) is 6.07 Å². The van der Waals surface area contributed by atoms with Gasteiger partial charge in [-0.05, 0) is 12.1 Å². The van der Waals surface area contributed by atoms with E-state index in [1.807, 2.05) is 6.07 Å². The molecule has 0 amide bonds. The second-order valence-electron chi connectivity index (χ2n) is 2.31. The van der Waals surface area contributed by atoms with Gasteiger partial charge in [0.05, 0.1) is 5.69 Å². The Kier molecular flexibility index (Phi) is 2.75. The van der Waals surface area contributed by atoms with E-state index < -0.39 is 6.10 Å². The van der Waals surface area contributed by atoms with Gasteiger partial charge in [0.15, 0.2) is 0 Å². The van der Waals surface area contributed by atoms with Crippen molar-refractivity contribution in [2.45, 2.75) is 6.10 Å². The Balaban J connectivity index is 2.95. The molecular formula is C8H9N3O.